The summed E-state index contributed by atoms with van der Waals surface area (Å²) in [5.41, 5.74) is 7.87. The van der Waals surface area contributed by atoms with Crippen molar-refractivity contribution >= 4 is 16.7 Å². The summed E-state index contributed by atoms with van der Waals surface area (Å²) in [6.45, 7) is 0. The summed E-state index contributed by atoms with van der Waals surface area (Å²) >= 11 is 0. The lowest BCUT2D eigenvalue weighted by Crippen LogP contribution is -1.86. The molecule has 0 atom stereocenters. The second-order valence-electron chi connectivity index (χ2n) is 2.25. The third-order valence-electron chi connectivity index (χ3n) is 1.45. The van der Waals surface area contributed by atoms with Gasteiger partial charge in [0.2, 0.25) is 0 Å². The highest BCUT2D eigenvalue weighted by molar-refractivity contribution is 5.77. The van der Waals surface area contributed by atoms with Crippen LogP contribution in [0.4, 0.5) is 5.69 Å². The minimum Gasteiger partial charge on any atom is -0.399 e. The fourth-order valence-electron chi connectivity index (χ4n) is 0.936. The maximum atomic E-state index is 5.54. The summed E-state index contributed by atoms with van der Waals surface area (Å²) in [6.07, 6.45) is 4.19. The monoisotopic (exact) mass is 144 g/mol. The first kappa shape index (κ1) is 6.09. The number of rotatable bonds is 0. The van der Waals surface area contributed by atoms with E-state index in [1.165, 1.54) is 0 Å². The average Bonchev–Trinajstić information content (AvgIpc) is 2.04. The summed E-state index contributed by atoms with van der Waals surface area (Å²) in [7, 11) is 0. The Bertz CT molecular complexity index is 384. The van der Waals surface area contributed by atoms with Gasteiger partial charge in [-0.1, -0.05) is 0 Å². The van der Waals surface area contributed by atoms with Gasteiger partial charge in [0.1, 0.15) is 6.20 Å². The molecular weight excluding hydrogens is 138 g/mol. The molecule has 1 aromatic heterocycles. The van der Waals surface area contributed by atoms with Crippen LogP contribution in [0.1, 0.15) is 0 Å². The van der Waals surface area contributed by atoms with Gasteiger partial charge in [0.25, 0.3) is 0 Å². The van der Waals surface area contributed by atoms with Crippen LogP contribution in [0.3, 0.4) is 0 Å². The number of aromatic nitrogens is 2. The zero-order valence-corrected chi connectivity index (χ0v) is 5.78. The van der Waals surface area contributed by atoms with Crippen LogP contribution >= 0.6 is 0 Å². The number of hydrogen-bond donors (Lipinski definition) is 1. The summed E-state index contributed by atoms with van der Waals surface area (Å²) in [5, 5.41) is 0. The molecule has 2 aromatic rings. The van der Waals surface area contributed by atoms with Crippen molar-refractivity contribution in [3.63, 3.8) is 0 Å². The quantitative estimate of drug-likeness (QED) is 0.561. The fourth-order valence-corrected chi connectivity index (χ4v) is 0.936. The molecule has 0 spiro atoms. The number of nitrogens with zero attached hydrogens (tertiary/aromatic N) is 2. The summed E-state index contributed by atoms with van der Waals surface area (Å²) < 4.78 is 0. The number of anilines is 1. The summed E-state index contributed by atoms with van der Waals surface area (Å²) in [4.78, 5) is 8.02. The van der Waals surface area contributed by atoms with E-state index in [2.05, 4.69) is 16.2 Å². The minimum atomic E-state index is 0.700. The van der Waals surface area contributed by atoms with Gasteiger partial charge in [0.15, 0.2) is 0 Å². The molecule has 1 aromatic carbocycles. The average molecular weight is 144 g/mol. The van der Waals surface area contributed by atoms with Crippen LogP contribution in [-0.4, -0.2) is 9.97 Å². The highest BCUT2D eigenvalue weighted by Gasteiger charge is 1.93. The minimum absolute atomic E-state index is 0.700. The Morgan fingerprint density at radius 1 is 1.27 bits per heavy atom. The largest absolute Gasteiger partial charge is 0.399 e. The third-order valence-corrected chi connectivity index (χ3v) is 1.45. The molecule has 0 aliphatic rings. The van der Waals surface area contributed by atoms with E-state index in [0.29, 0.717) is 5.69 Å². The smallest absolute Gasteiger partial charge is 0.109 e. The normalized spacial score (nSPS) is 10.2. The van der Waals surface area contributed by atoms with Crippen molar-refractivity contribution in [3.05, 3.63) is 30.6 Å². The molecule has 0 bridgehead atoms. The van der Waals surface area contributed by atoms with Gasteiger partial charge in [-0.15, -0.1) is 0 Å². The van der Waals surface area contributed by atoms with Gasteiger partial charge < -0.3 is 5.73 Å². The van der Waals surface area contributed by atoms with Gasteiger partial charge >= 0.3 is 0 Å². The Morgan fingerprint density at radius 3 is 3.09 bits per heavy atom. The van der Waals surface area contributed by atoms with Crippen LogP contribution in [-0.2, 0) is 0 Å². The molecule has 53 valence electrons. The van der Waals surface area contributed by atoms with Crippen molar-refractivity contribution in [2.45, 2.75) is 0 Å². The summed E-state index contributed by atoms with van der Waals surface area (Å²) in [6, 6.07) is 5.42. The molecule has 1 heterocycles. The van der Waals surface area contributed by atoms with E-state index in [9.17, 15) is 0 Å². The maximum Gasteiger partial charge on any atom is 0.109 e. The number of hydrogen-bond acceptors (Lipinski definition) is 3. The van der Waals surface area contributed by atoms with Gasteiger partial charge in [0.05, 0.1) is 17.2 Å². The maximum absolute atomic E-state index is 5.54. The number of fused-ring (bicyclic) bond motifs is 1. The van der Waals surface area contributed by atoms with Crippen molar-refractivity contribution in [3.8, 4) is 0 Å². The van der Waals surface area contributed by atoms with Gasteiger partial charge in [-0.25, -0.2) is 4.98 Å². The Morgan fingerprint density at radius 2 is 2.18 bits per heavy atom. The van der Waals surface area contributed by atoms with E-state index in [-0.39, 0.29) is 0 Å². The second-order valence-corrected chi connectivity index (χ2v) is 2.25. The lowest BCUT2D eigenvalue weighted by Gasteiger charge is -1.94. The van der Waals surface area contributed by atoms with Gasteiger partial charge in [-0.05, 0) is 18.2 Å². The van der Waals surface area contributed by atoms with Crippen LogP contribution in [0.5, 0.6) is 0 Å². The highest BCUT2D eigenvalue weighted by Crippen LogP contribution is 2.10. The first-order valence-corrected chi connectivity index (χ1v) is 3.24. The Hall–Kier alpha value is -1.64. The van der Waals surface area contributed by atoms with E-state index in [0.717, 1.165) is 11.0 Å². The van der Waals surface area contributed by atoms with Crippen LogP contribution in [0.15, 0.2) is 24.4 Å². The Balaban J connectivity index is 2.83. The van der Waals surface area contributed by atoms with Crippen molar-refractivity contribution in [2.24, 2.45) is 0 Å². The fraction of sp³-hybridized carbons (Fsp3) is 0. The molecule has 0 saturated heterocycles. The van der Waals surface area contributed by atoms with Crippen LogP contribution in [0, 0.1) is 6.20 Å². The molecule has 11 heavy (non-hydrogen) atoms. The molecule has 3 heteroatoms. The lowest BCUT2D eigenvalue weighted by molar-refractivity contribution is 1.28. The van der Waals surface area contributed by atoms with Crippen LogP contribution in [0.2, 0.25) is 0 Å². The van der Waals surface area contributed by atoms with E-state index in [4.69, 9.17) is 5.73 Å². The standard InChI is InChI=1S/C8H6N3/c9-6-1-2-7-8(5-6)11-4-3-10-7/h1-3,5H,9H2. The molecule has 0 aliphatic heterocycles. The van der Waals surface area contributed by atoms with Crippen molar-refractivity contribution in [1.82, 2.24) is 9.97 Å². The number of nitrogens with two attached hydrogens (primary N) is 1. The zero-order chi connectivity index (χ0) is 7.68. The first-order valence-electron chi connectivity index (χ1n) is 3.24. The zero-order valence-electron chi connectivity index (χ0n) is 5.78. The van der Waals surface area contributed by atoms with Crippen molar-refractivity contribution < 1.29 is 0 Å². The Kier molecular flexibility index (Phi) is 1.22. The van der Waals surface area contributed by atoms with Gasteiger partial charge in [0, 0.05) is 5.69 Å². The molecule has 1 radical (unpaired) electrons. The predicted molar refractivity (Wildman–Crippen MR) is 42.8 cm³/mol. The molecule has 0 fully saturated rings. The van der Waals surface area contributed by atoms with E-state index in [1.54, 1.807) is 18.3 Å². The number of nitrogen functional groups attached to an aromatic ring is 1. The van der Waals surface area contributed by atoms with E-state index >= 15 is 0 Å². The molecule has 2 N–H and O–H groups in total. The lowest BCUT2D eigenvalue weighted by atomic mass is 10.3. The third kappa shape index (κ3) is 1.00. The van der Waals surface area contributed by atoms with Crippen molar-refractivity contribution in [1.29, 1.82) is 0 Å². The SMILES string of the molecule is Nc1ccc2nc[c]nc2c1. The predicted octanol–water partition coefficient (Wildman–Crippen LogP) is 1.01. The molecule has 0 unspecified atom stereocenters. The molecule has 0 aliphatic carbocycles. The van der Waals surface area contributed by atoms with Crippen LogP contribution in [0.25, 0.3) is 11.0 Å². The second kappa shape index (κ2) is 2.20. The van der Waals surface area contributed by atoms with Gasteiger partial charge in [-0.3, -0.25) is 4.98 Å². The summed E-state index contributed by atoms with van der Waals surface area (Å²) in [5.74, 6) is 0. The molecule has 0 amide bonds. The highest BCUT2D eigenvalue weighted by atomic mass is 14.8. The molecule has 2 rings (SSSR count). The van der Waals surface area contributed by atoms with Crippen LogP contribution < -0.4 is 5.73 Å². The topological polar surface area (TPSA) is 51.8 Å². The number of benzene rings is 1. The first-order chi connectivity index (χ1) is 5.36. The molecular formula is C8H6N3. The van der Waals surface area contributed by atoms with E-state index in [1.807, 2.05) is 6.07 Å². The van der Waals surface area contributed by atoms with E-state index < -0.39 is 0 Å². The van der Waals surface area contributed by atoms with Gasteiger partial charge in [-0.2, -0.15) is 0 Å². The molecule has 0 saturated carbocycles. The molecule has 3 nitrogen and oxygen atoms in total. The van der Waals surface area contributed by atoms with Crippen molar-refractivity contribution in [2.75, 3.05) is 5.73 Å². The Labute approximate surface area is 63.9 Å².